The van der Waals surface area contributed by atoms with Crippen LogP contribution in [0.1, 0.15) is 5.69 Å². The minimum Gasteiger partial charge on any atom is -0.383 e. The van der Waals surface area contributed by atoms with E-state index in [9.17, 15) is 0 Å². The minimum absolute atomic E-state index is 0.125. The van der Waals surface area contributed by atoms with E-state index in [0.717, 1.165) is 12.1 Å². The number of nitrogens with two attached hydrogens (primary N) is 1. The largest absolute Gasteiger partial charge is 0.383 e. The molecule has 0 saturated carbocycles. The molecule has 0 amide bonds. The summed E-state index contributed by atoms with van der Waals surface area (Å²) in [5.74, 6) is 5.35. The zero-order chi connectivity index (χ0) is 9.68. The molecule has 3 N–H and O–H groups in total. The molecule has 1 aromatic heterocycles. The van der Waals surface area contributed by atoms with Crippen molar-refractivity contribution in [3.8, 4) is 0 Å². The maximum absolute atomic E-state index is 5.35. The van der Waals surface area contributed by atoms with E-state index in [-0.39, 0.29) is 6.04 Å². The number of aryl methyl sites for hydroxylation is 1. The summed E-state index contributed by atoms with van der Waals surface area (Å²) in [6.07, 6.45) is 2.70. The molecule has 13 heavy (non-hydrogen) atoms. The molecule has 0 radical (unpaired) electrons. The first-order valence-corrected chi connectivity index (χ1v) is 4.20. The van der Waals surface area contributed by atoms with Crippen molar-refractivity contribution in [2.24, 2.45) is 12.9 Å². The Bertz CT molecular complexity index is 248. The lowest BCUT2D eigenvalue weighted by molar-refractivity contribution is 0.166. The lowest BCUT2D eigenvalue weighted by Crippen LogP contribution is -2.40. The average Bonchev–Trinajstić information content (AvgIpc) is 2.50. The van der Waals surface area contributed by atoms with Gasteiger partial charge in [-0.2, -0.15) is 5.10 Å². The number of nitrogens with zero attached hydrogens (tertiary/aromatic N) is 2. The number of methoxy groups -OCH3 is 1. The van der Waals surface area contributed by atoms with Crippen LogP contribution in [-0.4, -0.2) is 29.5 Å². The number of nitrogens with one attached hydrogen (secondary N) is 1. The average molecular weight is 184 g/mol. The van der Waals surface area contributed by atoms with Crippen LogP contribution in [0.2, 0.25) is 0 Å². The van der Waals surface area contributed by atoms with Crippen molar-refractivity contribution in [1.29, 1.82) is 0 Å². The van der Waals surface area contributed by atoms with Crippen LogP contribution in [0.3, 0.4) is 0 Å². The minimum atomic E-state index is 0.125. The molecule has 1 aromatic rings. The summed E-state index contributed by atoms with van der Waals surface area (Å²) < 4.78 is 6.77. The number of aromatic nitrogens is 2. The SMILES string of the molecule is COCC(Cc1ccn(C)n1)NN. The molecular formula is C8H16N4O. The molecule has 0 aliphatic rings. The summed E-state index contributed by atoms with van der Waals surface area (Å²) in [4.78, 5) is 0. The van der Waals surface area contributed by atoms with Crippen molar-refractivity contribution in [3.63, 3.8) is 0 Å². The van der Waals surface area contributed by atoms with Crippen LogP contribution in [0.4, 0.5) is 0 Å². The molecule has 0 saturated heterocycles. The summed E-state index contributed by atoms with van der Waals surface area (Å²) in [5.41, 5.74) is 3.70. The first-order valence-electron chi connectivity index (χ1n) is 4.20. The van der Waals surface area contributed by atoms with Gasteiger partial charge in [0.15, 0.2) is 0 Å². The second kappa shape index (κ2) is 4.96. The van der Waals surface area contributed by atoms with Gasteiger partial charge >= 0.3 is 0 Å². The Morgan fingerprint density at radius 3 is 3.00 bits per heavy atom. The van der Waals surface area contributed by atoms with Crippen LogP contribution in [0.25, 0.3) is 0 Å². The van der Waals surface area contributed by atoms with E-state index in [1.807, 2.05) is 19.3 Å². The van der Waals surface area contributed by atoms with Gasteiger partial charge in [-0.1, -0.05) is 0 Å². The number of hydrogen-bond acceptors (Lipinski definition) is 4. The standard InChI is InChI=1S/C8H16N4O/c1-12-4-3-7(11-12)5-8(10-9)6-13-2/h3-4,8,10H,5-6,9H2,1-2H3. The van der Waals surface area contributed by atoms with Gasteiger partial charge in [0, 0.05) is 26.8 Å². The van der Waals surface area contributed by atoms with Crippen LogP contribution >= 0.6 is 0 Å². The van der Waals surface area contributed by atoms with E-state index >= 15 is 0 Å². The number of rotatable bonds is 5. The molecule has 74 valence electrons. The van der Waals surface area contributed by atoms with Crippen LogP contribution < -0.4 is 11.3 Å². The van der Waals surface area contributed by atoms with Gasteiger partial charge in [0.05, 0.1) is 18.3 Å². The second-order valence-electron chi connectivity index (χ2n) is 3.00. The lowest BCUT2D eigenvalue weighted by atomic mass is 10.2. The summed E-state index contributed by atoms with van der Waals surface area (Å²) in [6, 6.07) is 2.10. The van der Waals surface area contributed by atoms with E-state index in [2.05, 4.69) is 10.5 Å². The molecular weight excluding hydrogens is 168 g/mol. The third kappa shape index (κ3) is 3.14. The summed E-state index contributed by atoms with van der Waals surface area (Å²) in [5, 5.41) is 4.25. The van der Waals surface area contributed by atoms with Gasteiger partial charge in [-0.05, 0) is 6.07 Å². The van der Waals surface area contributed by atoms with E-state index < -0.39 is 0 Å². The number of hydrogen-bond donors (Lipinski definition) is 2. The molecule has 1 heterocycles. The highest BCUT2D eigenvalue weighted by Crippen LogP contribution is 1.99. The molecule has 0 spiro atoms. The van der Waals surface area contributed by atoms with Crippen LogP contribution in [-0.2, 0) is 18.2 Å². The third-order valence-electron chi connectivity index (χ3n) is 1.83. The van der Waals surface area contributed by atoms with Crippen LogP contribution in [0.15, 0.2) is 12.3 Å². The first kappa shape index (κ1) is 10.2. The molecule has 0 aromatic carbocycles. The topological polar surface area (TPSA) is 65.1 Å². The number of hydrazine groups is 1. The Morgan fingerprint density at radius 1 is 1.77 bits per heavy atom. The van der Waals surface area contributed by atoms with Gasteiger partial charge in [-0.15, -0.1) is 0 Å². The molecule has 0 aliphatic carbocycles. The van der Waals surface area contributed by atoms with Gasteiger partial charge in [0.1, 0.15) is 0 Å². The van der Waals surface area contributed by atoms with Gasteiger partial charge in [0.2, 0.25) is 0 Å². The summed E-state index contributed by atoms with van der Waals surface area (Å²) >= 11 is 0. The Hall–Kier alpha value is -0.910. The Balaban J connectivity index is 2.46. The van der Waals surface area contributed by atoms with E-state index in [1.165, 1.54) is 0 Å². The third-order valence-corrected chi connectivity index (χ3v) is 1.83. The van der Waals surface area contributed by atoms with Crippen molar-refractivity contribution < 1.29 is 4.74 Å². The van der Waals surface area contributed by atoms with Crippen molar-refractivity contribution in [2.45, 2.75) is 12.5 Å². The molecule has 1 atom stereocenters. The quantitative estimate of drug-likeness (QED) is 0.475. The second-order valence-corrected chi connectivity index (χ2v) is 3.00. The normalized spacial score (nSPS) is 13.2. The zero-order valence-corrected chi connectivity index (χ0v) is 8.03. The maximum Gasteiger partial charge on any atom is 0.0641 e. The van der Waals surface area contributed by atoms with Gasteiger partial charge < -0.3 is 4.74 Å². The molecule has 1 rings (SSSR count). The molecule has 5 nitrogen and oxygen atoms in total. The van der Waals surface area contributed by atoms with Crippen molar-refractivity contribution in [2.75, 3.05) is 13.7 Å². The Morgan fingerprint density at radius 2 is 2.54 bits per heavy atom. The fourth-order valence-corrected chi connectivity index (χ4v) is 1.19. The fraction of sp³-hybridized carbons (Fsp3) is 0.625. The highest BCUT2D eigenvalue weighted by atomic mass is 16.5. The molecule has 0 aliphatic heterocycles. The monoisotopic (exact) mass is 184 g/mol. The molecule has 1 unspecified atom stereocenters. The summed E-state index contributed by atoms with van der Waals surface area (Å²) in [7, 11) is 3.55. The first-order chi connectivity index (χ1) is 6.26. The highest BCUT2D eigenvalue weighted by molar-refractivity contribution is 5.01. The Kier molecular flexibility index (Phi) is 3.88. The predicted molar refractivity (Wildman–Crippen MR) is 49.9 cm³/mol. The smallest absolute Gasteiger partial charge is 0.0641 e. The van der Waals surface area contributed by atoms with Crippen molar-refractivity contribution in [1.82, 2.24) is 15.2 Å². The maximum atomic E-state index is 5.35. The molecule has 0 bridgehead atoms. The number of ether oxygens (including phenoxy) is 1. The van der Waals surface area contributed by atoms with Gasteiger partial charge in [-0.25, -0.2) is 0 Å². The predicted octanol–water partition coefficient (Wildman–Crippen LogP) is -0.559. The van der Waals surface area contributed by atoms with Crippen molar-refractivity contribution in [3.05, 3.63) is 18.0 Å². The zero-order valence-electron chi connectivity index (χ0n) is 8.03. The van der Waals surface area contributed by atoms with Crippen molar-refractivity contribution >= 4 is 0 Å². The summed E-state index contributed by atoms with van der Waals surface area (Å²) in [6.45, 7) is 0.590. The molecule has 5 heteroatoms. The van der Waals surface area contributed by atoms with E-state index in [0.29, 0.717) is 6.61 Å². The van der Waals surface area contributed by atoms with Gasteiger partial charge in [-0.3, -0.25) is 16.0 Å². The Labute approximate surface area is 77.8 Å². The lowest BCUT2D eigenvalue weighted by Gasteiger charge is -2.12. The van der Waals surface area contributed by atoms with E-state index in [1.54, 1.807) is 11.8 Å². The van der Waals surface area contributed by atoms with Crippen LogP contribution in [0.5, 0.6) is 0 Å². The van der Waals surface area contributed by atoms with E-state index in [4.69, 9.17) is 10.6 Å². The van der Waals surface area contributed by atoms with Crippen LogP contribution in [0, 0.1) is 0 Å². The highest BCUT2D eigenvalue weighted by Gasteiger charge is 2.08. The molecule has 0 fully saturated rings. The fourth-order valence-electron chi connectivity index (χ4n) is 1.19. The van der Waals surface area contributed by atoms with Gasteiger partial charge in [0.25, 0.3) is 0 Å².